The number of rotatable bonds is 2. The van der Waals surface area contributed by atoms with Gasteiger partial charge in [0.1, 0.15) is 4.88 Å². The monoisotopic (exact) mass is 336 g/mol. The molecule has 0 aliphatic carbocycles. The van der Waals surface area contributed by atoms with Gasteiger partial charge in [0.15, 0.2) is 0 Å². The van der Waals surface area contributed by atoms with Crippen LogP contribution in [-0.4, -0.2) is 5.91 Å². The largest absolute Gasteiger partial charge is 0.399 e. The van der Waals surface area contributed by atoms with Crippen LogP contribution >= 0.6 is 34.5 Å². The summed E-state index contributed by atoms with van der Waals surface area (Å²) in [6, 6.07) is 12.4. The Hall–Kier alpha value is -1.75. The van der Waals surface area contributed by atoms with Gasteiger partial charge in [-0.05, 0) is 30.3 Å². The molecule has 6 heteroatoms. The Kier molecular flexibility index (Phi) is 3.76. The van der Waals surface area contributed by atoms with E-state index < -0.39 is 0 Å². The molecule has 1 aromatic heterocycles. The summed E-state index contributed by atoms with van der Waals surface area (Å²) in [6.45, 7) is 0. The molecule has 0 saturated heterocycles. The summed E-state index contributed by atoms with van der Waals surface area (Å²) in [5.74, 6) is -0.261. The normalized spacial score (nSPS) is 10.8. The van der Waals surface area contributed by atoms with Crippen LogP contribution in [-0.2, 0) is 0 Å². The van der Waals surface area contributed by atoms with Crippen molar-refractivity contribution in [3.63, 3.8) is 0 Å². The molecule has 0 unspecified atom stereocenters. The zero-order chi connectivity index (χ0) is 15.0. The van der Waals surface area contributed by atoms with Crippen molar-refractivity contribution in [1.82, 2.24) is 0 Å². The first-order chi connectivity index (χ1) is 10.0. The van der Waals surface area contributed by atoms with E-state index in [-0.39, 0.29) is 5.91 Å². The zero-order valence-electron chi connectivity index (χ0n) is 10.7. The van der Waals surface area contributed by atoms with Crippen molar-refractivity contribution in [3.8, 4) is 0 Å². The maximum atomic E-state index is 12.3. The second-order valence-corrected chi connectivity index (χ2v) is 6.33. The molecule has 1 heterocycles. The summed E-state index contributed by atoms with van der Waals surface area (Å²) in [5.41, 5.74) is 6.91. The Morgan fingerprint density at radius 2 is 1.95 bits per heavy atom. The molecule has 21 heavy (non-hydrogen) atoms. The van der Waals surface area contributed by atoms with Gasteiger partial charge >= 0.3 is 0 Å². The van der Waals surface area contributed by atoms with E-state index in [9.17, 15) is 4.79 Å². The highest BCUT2D eigenvalue weighted by molar-refractivity contribution is 7.21. The number of hydrogen-bond acceptors (Lipinski definition) is 3. The summed E-state index contributed by atoms with van der Waals surface area (Å²) in [4.78, 5) is 12.8. The van der Waals surface area contributed by atoms with E-state index in [2.05, 4.69) is 5.32 Å². The lowest BCUT2D eigenvalue weighted by Gasteiger charge is -2.04. The fourth-order valence-corrected chi connectivity index (χ4v) is 3.68. The molecular weight excluding hydrogens is 327 g/mol. The first-order valence-electron chi connectivity index (χ1n) is 6.09. The van der Waals surface area contributed by atoms with Crippen molar-refractivity contribution in [3.05, 3.63) is 57.4 Å². The Labute approximate surface area is 135 Å². The van der Waals surface area contributed by atoms with Crippen molar-refractivity contribution in [2.45, 2.75) is 0 Å². The van der Waals surface area contributed by atoms with Crippen LogP contribution in [0.1, 0.15) is 9.67 Å². The second kappa shape index (κ2) is 5.56. The van der Waals surface area contributed by atoms with Crippen LogP contribution in [0.2, 0.25) is 10.0 Å². The van der Waals surface area contributed by atoms with Crippen LogP contribution in [0.4, 0.5) is 11.4 Å². The lowest BCUT2D eigenvalue weighted by Crippen LogP contribution is -2.10. The molecule has 0 atom stereocenters. The first kappa shape index (κ1) is 14.2. The smallest absolute Gasteiger partial charge is 0.267 e. The molecule has 3 N–H and O–H groups in total. The third-order valence-electron chi connectivity index (χ3n) is 2.94. The van der Waals surface area contributed by atoms with Crippen molar-refractivity contribution in [1.29, 1.82) is 0 Å². The van der Waals surface area contributed by atoms with Crippen molar-refractivity contribution >= 4 is 61.9 Å². The number of benzene rings is 2. The Morgan fingerprint density at radius 1 is 1.14 bits per heavy atom. The Bertz CT molecular complexity index is 845. The highest BCUT2D eigenvalue weighted by Crippen LogP contribution is 2.37. The molecule has 0 bridgehead atoms. The quantitative estimate of drug-likeness (QED) is 0.644. The number of nitrogen functional groups attached to an aromatic ring is 1. The van der Waals surface area contributed by atoms with Gasteiger partial charge in [0.05, 0.1) is 5.02 Å². The number of amides is 1. The molecule has 0 radical (unpaired) electrons. The molecule has 1 amide bonds. The van der Waals surface area contributed by atoms with Gasteiger partial charge in [0.2, 0.25) is 0 Å². The van der Waals surface area contributed by atoms with Crippen LogP contribution in [0.3, 0.4) is 0 Å². The summed E-state index contributed by atoms with van der Waals surface area (Å²) < 4.78 is 0.880. The Balaban J connectivity index is 1.96. The number of nitrogens with one attached hydrogen (secondary N) is 1. The minimum atomic E-state index is -0.261. The predicted octanol–water partition coefficient (Wildman–Crippen LogP) is 5.04. The van der Waals surface area contributed by atoms with Gasteiger partial charge in [-0.15, -0.1) is 11.3 Å². The first-order valence-corrected chi connectivity index (χ1v) is 7.66. The predicted molar refractivity (Wildman–Crippen MR) is 90.7 cm³/mol. The van der Waals surface area contributed by atoms with Crippen LogP contribution in [0.25, 0.3) is 10.1 Å². The molecule has 3 rings (SSSR count). The molecule has 0 saturated carbocycles. The number of nitrogens with two attached hydrogens (primary N) is 1. The van der Waals surface area contributed by atoms with E-state index in [4.69, 9.17) is 28.9 Å². The fourth-order valence-electron chi connectivity index (χ4n) is 1.99. The van der Waals surface area contributed by atoms with E-state index in [1.54, 1.807) is 36.4 Å². The third kappa shape index (κ3) is 2.83. The van der Waals surface area contributed by atoms with Crippen molar-refractivity contribution in [2.75, 3.05) is 11.1 Å². The van der Waals surface area contributed by atoms with Crippen LogP contribution in [0, 0.1) is 0 Å². The number of anilines is 2. The van der Waals surface area contributed by atoms with Crippen molar-refractivity contribution < 1.29 is 4.79 Å². The van der Waals surface area contributed by atoms with E-state index in [0.29, 0.717) is 26.3 Å². The van der Waals surface area contributed by atoms with Gasteiger partial charge in [0.25, 0.3) is 5.91 Å². The molecular formula is C15H10Cl2N2OS. The van der Waals surface area contributed by atoms with Gasteiger partial charge in [-0.2, -0.15) is 0 Å². The molecule has 0 aliphatic rings. The minimum absolute atomic E-state index is 0.261. The molecule has 3 aromatic rings. The lowest BCUT2D eigenvalue weighted by atomic mass is 10.2. The van der Waals surface area contributed by atoms with Gasteiger partial charge < -0.3 is 11.1 Å². The number of fused-ring (bicyclic) bond motifs is 1. The summed E-state index contributed by atoms with van der Waals surface area (Å²) in [6.07, 6.45) is 0. The zero-order valence-corrected chi connectivity index (χ0v) is 13.0. The highest BCUT2D eigenvalue weighted by atomic mass is 35.5. The topological polar surface area (TPSA) is 55.1 Å². The molecule has 0 spiro atoms. The summed E-state index contributed by atoms with van der Waals surface area (Å²) in [7, 11) is 0. The fraction of sp³-hybridized carbons (Fsp3) is 0. The average molecular weight is 337 g/mol. The number of hydrogen-bond donors (Lipinski definition) is 2. The third-order valence-corrected chi connectivity index (χ3v) is 4.83. The maximum absolute atomic E-state index is 12.3. The van der Waals surface area contributed by atoms with Crippen LogP contribution in [0.5, 0.6) is 0 Å². The van der Waals surface area contributed by atoms with Gasteiger partial charge in [-0.25, -0.2) is 0 Å². The van der Waals surface area contributed by atoms with Gasteiger partial charge in [0, 0.05) is 26.5 Å². The number of carbonyl (C=O) groups is 1. The molecule has 106 valence electrons. The molecule has 2 aromatic carbocycles. The van der Waals surface area contributed by atoms with Gasteiger partial charge in [-0.1, -0.05) is 35.3 Å². The summed E-state index contributed by atoms with van der Waals surface area (Å²) in [5, 5.41) is 4.66. The van der Waals surface area contributed by atoms with Crippen molar-refractivity contribution in [2.24, 2.45) is 0 Å². The highest BCUT2D eigenvalue weighted by Gasteiger charge is 2.17. The van der Waals surface area contributed by atoms with E-state index in [1.165, 1.54) is 11.3 Å². The van der Waals surface area contributed by atoms with Crippen LogP contribution in [0.15, 0.2) is 42.5 Å². The Morgan fingerprint density at radius 3 is 2.71 bits per heavy atom. The SMILES string of the molecule is Nc1cccc(NC(=O)c2sc3cc(Cl)ccc3c2Cl)c1. The number of thiophene rings is 1. The molecule has 0 fully saturated rings. The standard InChI is InChI=1S/C15H10Cl2N2OS/c16-8-4-5-11-12(6-8)21-14(13(11)17)15(20)19-10-3-1-2-9(18)7-10/h1-7H,18H2,(H,19,20). The van der Waals surface area contributed by atoms with E-state index in [1.807, 2.05) is 6.07 Å². The molecule has 3 nitrogen and oxygen atoms in total. The average Bonchev–Trinajstić information content (AvgIpc) is 2.75. The van der Waals surface area contributed by atoms with E-state index >= 15 is 0 Å². The molecule has 0 aliphatic heterocycles. The number of carbonyl (C=O) groups excluding carboxylic acids is 1. The van der Waals surface area contributed by atoms with E-state index in [0.717, 1.165) is 10.1 Å². The van der Waals surface area contributed by atoms with Gasteiger partial charge in [-0.3, -0.25) is 4.79 Å². The minimum Gasteiger partial charge on any atom is -0.399 e. The second-order valence-electron chi connectivity index (χ2n) is 4.47. The maximum Gasteiger partial charge on any atom is 0.267 e. The van der Waals surface area contributed by atoms with Crippen LogP contribution < -0.4 is 11.1 Å². The number of halogens is 2. The lowest BCUT2D eigenvalue weighted by molar-refractivity contribution is 0.103. The summed E-state index contributed by atoms with van der Waals surface area (Å²) >= 11 is 13.5.